The number of nitrogens with one attached hydrogen (secondary N) is 1. The Balaban J connectivity index is 0.000000192. The predicted octanol–water partition coefficient (Wildman–Crippen LogP) is 4.01. The first-order valence-electron chi connectivity index (χ1n) is 14.6. The molecular weight excluding hydrogens is 604 g/mol. The molecule has 2 aliphatic carbocycles. The molecule has 2 saturated carbocycles. The zero-order chi connectivity index (χ0) is 29.6. The minimum atomic E-state index is -0.468. The number of ketones is 1. The van der Waals surface area contributed by atoms with Crippen molar-refractivity contribution in [2.75, 3.05) is 0 Å². The van der Waals surface area contributed by atoms with Crippen LogP contribution >= 0.6 is 0 Å². The number of carbonyl (C=O) groups excluding carboxylic acids is 2. The fourth-order valence-electron chi connectivity index (χ4n) is 5.80. The molecule has 0 unspecified atom stereocenters. The smallest absolute Gasteiger partial charge is 0.270 e. The van der Waals surface area contributed by atoms with Crippen molar-refractivity contribution >= 4 is 23.0 Å². The van der Waals surface area contributed by atoms with Crippen LogP contribution in [0.4, 0.5) is 0 Å². The molecule has 0 aromatic carbocycles. The van der Waals surface area contributed by atoms with Crippen molar-refractivity contribution in [1.29, 1.82) is 0 Å². The molecule has 0 atom stereocenters. The molecule has 0 saturated heterocycles. The zero-order valence-electron chi connectivity index (χ0n) is 24.1. The van der Waals surface area contributed by atoms with E-state index in [0.29, 0.717) is 12.3 Å². The molecule has 0 spiro atoms. The van der Waals surface area contributed by atoms with Gasteiger partial charge in [0, 0.05) is 56.7 Å². The Labute approximate surface area is 260 Å². The maximum Gasteiger partial charge on any atom is 0.270 e. The summed E-state index contributed by atoms with van der Waals surface area (Å²) < 4.78 is 2.41. The number of Topliss-reactive ketones (excluding diaryl/α,β-unsaturated/α-hetero) is 1. The van der Waals surface area contributed by atoms with Gasteiger partial charge in [-0.25, -0.2) is 9.97 Å². The van der Waals surface area contributed by atoms with Crippen molar-refractivity contribution in [3.8, 4) is 11.5 Å². The Bertz CT molecular complexity index is 1600. The van der Waals surface area contributed by atoms with Crippen molar-refractivity contribution < 1.29 is 39.3 Å². The summed E-state index contributed by atoms with van der Waals surface area (Å²) in [4.78, 5) is 57.3. The van der Waals surface area contributed by atoms with Crippen LogP contribution in [0.15, 0.2) is 58.6 Å². The summed E-state index contributed by atoms with van der Waals surface area (Å²) >= 11 is 0. The first kappa shape index (κ1) is 32.0. The van der Waals surface area contributed by atoms with Crippen LogP contribution in [0.5, 0.6) is 11.5 Å². The largest absolute Gasteiger partial charge is 0.504 e. The van der Waals surface area contributed by atoms with Crippen LogP contribution in [0, 0.1) is 5.92 Å². The summed E-state index contributed by atoms with van der Waals surface area (Å²) in [6.45, 7) is 0. The van der Waals surface area contributed by atoms with E-state index in [1.54, 1.807) is 6.07 Å². The van der Waals surface area contributed by atoms with Gasteiger partial charge >= 0.3 is 0 Å². The number of aromatic nitrogens is 4. The van der Waals surface area contributed by atoms with E-state index < -0.39 is 17.0 Å². The van der Waals surface area contributed by atoms with Gasteiger partial charge in [-0.1, -0.05) is 51.4 Å². The van der Waals surface area contributed by atoms with Crippen molar-refractivity contribution in [3.05, 3.63) is 80.9 Å². The molecule has 0 radical (unpaired) electrons. The standard InChI is InChI=1S/C16H18N2O3.C15H17N3O3.Zn/c19-13-7-4-8-18-15(13)17-10-12(16(18)21)14(20)9-11-5-2-1-3-6-11;19-12-7-4-8-18-13(12)16-9-11(15(18)21)14(20)17-10-5-2-1-3-6-10;/h4,7-8,10-11,19H,1-3,5-6,9H2;4,7-10,19H,1-3,5-6H2,(H,17,20);. The van der Waals surface area contributed by atoms with E-state index in [1.165, 1.54) is 77.5 Å². The Morgan fingerprint density at radius 2 is 1.26 bits per heavy atom. The predicted molar refractivity (Wildman–Crippen MR) is 156 cm³/mol. The molecule has 6 rings (SSSR count). The van der Waals surface area contributed by atoms with Crippen molar-refractivity contribution in [2.24, 2.45) is 5.92 Å². The van der Waals surface area contributed by atoms with E-state index in [-0.39, 0.29) is 65.2 Å². The molecule has 12 heteroatoms. The van der Waals surface area contributed by atoms with Gasteiger partial charge in [-0.2, -0.15) is 0 Å². The minimum Gasteiger partial charge on any atom is -0.504 e. The molecule has 2 aliphatic rings. The van der Waals surface area contributed by atoms with Gasteiger partial charge in [0.15, 0.2) is 28.6 Å². The Hall–Kier alpha value is -3.92. The molecule has 0 aliphatic heterocycles. The van der Waals surface area contributed by atoms with E-state index >= 15 is 0 Å². The van der Waals surface area contributed by atoms with Gasteiger partial charge in [0.2, 0.25) is 0 Å². The number of rotatable bonds is 5. The van der Waals surface area contributed by atoms with Gasteiger partial charge in [-0.05, 0) is 43.0 Å². The molecule has 1 amide bonds. The van der Waals surface area contributed by atoms with Gasteiger partial charge < -0.3 is 15.5 Å². The summed E-state index contributed by atoms with van der Waals surface area (Å²) in [5, 5.41) is 22.2. The number of aromatic hydroxyl groups is 2. The molecule has 4 heterocycles. The van der Waals surface area contributed by atoms with Crippen LogP contribution < -0.4 is 16.4 Å². The average molecular weight is 639 g/mol. The third-order valence-electron chi connectivity index (χ3n) is 8.11. The monoisotopic (exact) mass is 637 g/mol. The molecular formula is C31H35N5O6Zn. The molecule has 43 heavy (non-hydrogen) atoms. The first-order valence-corrected chi connectivity index (χ1v) is 14.6. The summed E-state index contributed by atoms with van der Waals surface area (Å²) in [6, 6.07) is 6.14. The minimum absolute atomic E-state index is 0. The summed E-state index contributed by atoms with van der Waals surface area (Å²) in [5.74, 6) is -0.306. The molecule has 4 aromatic heterocycles. The fourth-order valence-corrected chi connectivity index (χ4v) is 5.80. The average Bonchev–Trinajstić information content (AvgIpc) is 3.00. The fraction of sp³-hybridized carbons (Fsp3) is 0.419. The Morgan fingerprint density at radius 3 is 1.81 bits per heavy atom. The van der Waals surface area contributed by atoms with Gasteiger partial charge in [0.25, 0.3) is 17.0 Å². The molecule has 2 fully saturated rings. The molecule has 3 N–H and O–H groups in total. The SMILES string of the molecule is O=C(CC1CCCCC1)c1cnc2c(O)cccn2c1=O.O=C(NC1CCCCC1)c1cnc2c(O)cccn2c1=O.[Zn]. The topological polar surface area (TPSA) is 155 Å². The van der Waals surface area contributed by atoms with E-state index in [0.717, 1.165) is 38.5 Å². The molecule has 0 bridgehead atoms. The van der Waals surface area contributed by atoms with Crippen LogP contribution in [0.3, 0.4) is 0 Å². The van der Waals surface area contributed by atoms with E-state index in [9.17, 15) is 29.4 Å². The third kappa shape index (κ3) is 7.36. The maximum absolute atomic E-state index is 12.4. The van der Waals surface area contributed by atoms with Crippen LogP contribution in [-0.2, 0) is 19.5 Å². The van der Waals surface area contributed by atoms with Crippen molar-refractivity contribution in [2.45, 2.75) is 76.7 Å². The second kappa shape index (κ2) is 14.5. The van der Waals surface area contributed by atoms with Crippen LogP contribution in [0.1, 0.15) is 91.3 Å². The normalized spacial score (nSPS) is 15.7. The maximum atomic E-state index is 12.4. The number of amides is 1. The molecule has 4 aromatic rings. The number of nitrogens with zero attached hydrogens (tertiary/aromatic N) is 4. The van der Waals surface area contributed by atoms with Gasteiger partial charge in [0.1, 0.15) is 11.1 Å². The zero-order valence-corrected chi connectivity index (χ0v) is 27.0. The van der Waals surface area contributed by atoms with E-state index in [1.807, 2.05) is 0 Å². The van der Waals surface area contributed by atoms with E-state index in [2.05, 4.69) is 15.3 Å². The quantitative estimate of drug-likeness (QED) is 0.219. The third-order valence-corrected chi connectivity index (χ3v) is 8.11. The van der Waals surface area contributed by atoms with E-state index in [4.69, 9.17) is 0 Å². The second-order valence-electron chi connectivity index (χ2n) is 11.1. The number of hydrogen-bond donors (Lipinski definition) is 3. The summed E-state index contributed by atoms with van der Waals surface area (Å²) in [5.41, 5.74) is -0.429. The Morgan fingerprint density at radius 1 is 0.767 bits per heavy atom. The Kier molecular flexibility index (Phi) is 10.8. The number of carbonyl (C=O) groups is 2. The summed E-state index contributed by atoms with van der Waals surface area (Å²) in [6.07, 6.45) is 17.0. The van der Waals surface area contributed by atoms with Crippen LogP contribution in [-0.4, -0.2) is 46.7 Å². The van der Waals surface area contributed by atoms with Gasteiger partial charge in [-0.3, -0.25) is 28.0 Å². The number of pyridine rings is 2. The molecule has 222 valence electrons. The van der Waals surface area contributed by atoms with Crippen LogP contribution in [0.25, 0.3) is 11.3 Å². The molecule has 11 nitrogen and oxygen atoms in total. The first-order chi connectivity index (χ1) is 20.3. The van der Waals surface area contributed by atoms with Crippen molar-refractivity contribution in [3.63, 3.8) is 0 Å². The summed E-state index contributed by atoms with van der Waals surface area (Å²) in [7, 11) is 0. The van der Waals surface area contributed by atoms with Crippen molar-refractivity contribution in [1.82, 2.24) is 24.1 Å². The number of fused-ring (bicyclic) bond motifs is 2. The van der Waals surface area contributed by atoms with Gasteiger partial charge in [0.05, 0.1) is 0 Å². The van der Waals surface area contributed by atoms with Crippen LogP contribution in [0.2, 0.25) is 0 Å². The van der Waals surface area contributed by atoms with Gasteiger partial charge in [-0.15, -0.1) is 0 Å². The second-order valence-corrected chi connectivity index (χ2v) is 11.1. The number of hydrogen-bond acceptors (Lipinski definition) is 8.